The van der Waals surface area contributed by atoms with Gasteiger partial charge in [0, 0.05) is 58.6 Å². The van der Waals surface area contributed by atoms with Crippen LogP contribution in [0.4, 0.5) is 11.6 Å². The van der Waals surface area contributed by atoms with Crippen molar-refractivity contribution in [2.75, 3.05) is 18.5 Å². The molecule has 2 heterocycles. The first-order valence-corrected chi connectivity index (χ1v) is 21.1. The molecule has 16 heteroatoms. The van der Waals surface area contributed by atoms with Crippen molar-refractivity contribution in [3.8, 4) is 11.4 Å². The van der Waals surface area contributed by atoms with Gasteiger partial charge in [-0.2, -0.15) is 10.2 Å². The Hall–Kier alpha value is -7.88. The highest BCUT2D eigenvalue weighted by Gasteiger charge is 2.27. The molecule has 9 rings (SSSR count). The van der Waals surface area contributed by atoms with Gasteiger partial charge in [-0.1, -0.05) is 36.4 Å². The molecule has 0 unspecified atom stereocenters. The number of rotatable bonds is 13. The molecule has 326 valence electrons. The minimum absolute atomic E-state index is 0.133. The molecule has 3 fully saturated rings. The monoisotopic (exact) mass is 860 g/mol. The number of aryl methyl sites for hydroxylation is 2. The van der Waals surface area contributed by atoms with Crippen molar-refractivity contribution in [1.29, 1.82) is 0 Å². The molecule has 3 aliphatic carbocycles. The number of ketones is 2. The van der Waals surface area contributed by atoms with Gasteiger partial charge in [0.05, 0.1) is 34.9 Å². The second-order valence-electron chi connectivity index (χ2n) is 16.3. The van der Waals surface area contributed by atoms with Crippen molar-refractivity contribution in [3.05, 3.63) is 153 Å². The van der Waals surface area contributed by atoms with E-state index in [0.717, 1.165) is 49.7 Å². The zero-order chi connectivity index (χ0) is 45.2. The van der Waals surface area contributed by atoms with Crippen molar-refractivity contribution in [1.82, 2.24) is 40.8 Å². The second-order valence-corrected chi connectivity index (χ2v) is 16.3. The lowest BCUT2D eigenvalue weighted by Crippen LogP contribution is -2.25. The maximum atomic E-state index is 13.1. The van der Waals surface area contributed by atoms with Crippen LogP contribution in [-0.4, -0.2) is 79.9 Å². The molecule has 0 atom stereocenters. The fourth-order valence-electron chi connectivity index (χ4n) is 6.90. The molecule has 0 radical (unpaired) electrons. The van der Waals surface area contributed by atoms with Crippen LogP contribution in [0.5, 0.6) is 0 Å². The topological polar surface area (TPSA) is 238 Å². The van der Waals surface area contributed by atoms with E-state index >= 15 is 0 Å². The summed E-state index contributed by atoms with van der Waals surface area (Å²) in [5.41, 5.74) is 18.9. The van der Waals surface area contributed by atoms with Crippen LogP contribution in [-0.2, 0) is 0 Å². The molecule has 2 aromatic heterocycles. The Kier molecular flexibility index (Phi) is 11.9. The summed E-state index contributed by atoms with van der Waals surface area (Å²) in [5, 5.41) is 20.0. The highest BCUT2D eigenvalue weighted by atomic mass is 16.2. The van der Waals surface area contributed by atoms with E-state index in [0.29, 0.717) is 44.8 Å². The number of nitrogens with one attached hydrogen (secondary N) is 4. The van der Waals surface area contributed by atoms with Gasteiger partial charge < -0.3 is 32.7 Å². The predicted octanol–water partition coefficient (Wildman–Crippen LogP) is 5.02. The summed E-state index contributed by atoms with van der Waals surface area (Å²) in [5.74, 6) is -0.840. The number of nitrogens with zero attached hydrogens (tertiary/aromatic N) is 4. The number of benzene rings is 4. The molecule has 8 N–H and O–H groups in total. The van der Waals surface area contributed by atoms with E-state index in [1.807, 2.05) is 26.0 Å². The van der Waals surface area contributed by atoms with Gasteiger partial charge in [0.2, 0.25) is 0 Å². The lowest BCUT2D eigenvalue weighted by atomic mass is 10.0. The van der Waals surface area contributed by atoms with E-state index in [1.165, 1.54) is 21.8 Å². The van der Waals surface area contributed by atoms with Gasteiger partial charge in [0.25, 0.3) is 23.6 Å². The summed E-state index contributed by atoms with van der Waals surface area (Å²) in [4.78, 5) is 74.8. The highest BCUT2D eigenvalue weighted by molar-refractivity contribution is 6.13. The SMILES string of the molecule is CNC(=O)c1ccc(C(=O)c2cnn(-c3cc(C(=O)NC4CC4)ccc3C)c2N)cc1.Cc1ccc(C(=O)NC2CC2)cc1-n1ncc(C(=O)c2ccc(C(=O)NC3CC3)cc2)c1N. The Labute approximate surface area is 368 Å². The number of hydrogen-bond acceptors (Lipinski definition) is 10. The molecule has 6 aromatic rings. The molecular formula is C48H48N10O6. The van der Waals surface area contributed by atoms with Gasteiger partial charge >= 0.3 is 0 Å². The molecule has 4 amide bonds. The Morgan fingerprint density at radius 3 is 1.14 bits per heavy atom. The number of carbonyl (C=O) groups is 6. The summed E-state index contributed by atoms with van der Waals surface area (Å²) in [6.45, 7) is 3.78. The van der Waals surface area contributed by atoms with Crippen LogP contribution >= 0.6 is 0 Å². The van der Waals surface area contributed by atoms with Crippen molar-refractivity contribution >= 4 is 46.8 Å². The second kappa shape index (κ2) is 17.8. The average molecular weight is 861 g/mol. The largest absolute Gasteiger partial charge is 0.383 e. The lowest BCUT2D eigenvalue weighted by molar-refractivity contribution is 0.0942. The van der Waals surface area contributed by atoms with Crippen LogP contribution in [0.3, 0.4) is 0 Å². The van der Waals surface area contributed by atoms with Crippen LogP contribution in [0.15, 0.2) is 97.3 Å². The third-order valence-electron chi connectivity index (χ3n) is 11.3. The van der Waals surface area contributed by atoms with Gasteiger partial charge in [-0.15, -0.1) is 0 Å². The molecule has 4 aromatic carbocycles. The predicted molar refractivity (Wildman–Crippen MR) is 240 cm³/mol. The molecule has 0 spiro atoms. The fourth-order valence-corrected chi connectivity index (χ4v) is 6.90. The minimum atomic E-state index is -0.299. The first-order chi connectivity index (χ1) is 30.8. The van der Waals surface area contributed by atoms with E-state index in [2.05, 4.69) is 31.5 Å². The molecule has 3 saturated carbocycles. The number of aromatic nitrogens is 4. The fraction of sp³-hybridized carbons (Fsp3) is 0.250. The number of amides is 4. The van der Waals surface area contributed by atoms with Gasteiger partial charge in [0.15, 0.2) is 11.6 Å². The maximum Gasteiger partial charge on any atom is 0.251 e. The summed E-state index contributed by atoms with van der Waals surface area (Å²) >= 11 is 0. The van der Waals surface area contributed by atoms with Crippen molar-refractivity contribution in [2.24, 2.45) is 0 Å². The first kappa shape index (κ1) is 42.8. The molecule has 0 aliphatic heterocycles. The lowest BCUT2D eigenvalue weighted by Gasteiger charge is -2.11. The number of hydrogen-bond donors (Lipinski definition) is 6. The third kappa shape index (κ3) is 9.45. The molecule has 0 bridgehead atoms. The van der Waals surface area contributed by atoms with Crippen molar-refractivity contribution in [3.63, 3.8) is 0 Å². The molecular weight excluding hydrogens is 813 g/mol. The standard InChI is InChI=1S/C25H25N5O3.C23H23N5O3/c1-14-2-3-17(25(33)29-19-10-11-19)12-21(14)30-23(26)20(13-27-30)22(31)15-4-6-16(7-5-15)24(32)28-18-8-9-18;1-13-3-4-16(23(31)27-17-9-10-17)11-19(13)28-21(24)18(12-26-28)20(29)14-5-7-15(8-6-14)22(30)25-2/h2-7,12-13,18-19H,8-11,26H2,1H3,(H,28,32)(H,29,33);3-8,11-12,17H,9-10,24H2,1-2H3,(H,25,30)(H,27,31). The average Bonchev–Trinajstić information content (AvgIpc) is 4.25. The molecule has 3 aliphatic rings. The highest BCUT2D eigenvalue weighted by Crippen LogP contribution is 2.27. The van der Waals surface area contributed by atoms with Crippen molar-refractivity contribution < 1.29 is 28.8 Å². The van der Waals surface area contributed by atoms with Crippen LogP contribution in [0.1, 0.15) is 123 Å². The van der Waals surface area contributed by atoms with Crippen LogP contribution in [0.25, 0.3) is 11.4 Å². The van der Waals surface area contributed by atoms with Gasteiger partial charge in [0.1, 0.15) is 11.6 Å². The van der Waals surface area contributed by atoms with Gasteiger partial charge in [-0.3, -0.25) is 28.8 Å². The number of nitrogens with two attached hydrogens (primary N) is 2. The van der Waals surface area contributed by atoms with Gasteiger partial charge in [-0.25, -0.2) is 9.36 Å². The quantitative estimate of drug-likeness (QED) is 0.0848. The maximum absolute atomic E-state index is 13.1. The van der Waals surface area contributed by atoms with Crippen LogP contribution in [0.2, 0.25) is 0 Å². The summed E-state index contributed by atoms with van der Waals surface area (Å²) in [6, 6.07) is 24.3. The number of nitrogen functional groups attached to an aromatic ring is 2. The number of anilines is 2. The van der Waals surface area contributed by atoms with Crippen molar-refractivity contribution in [2.45, 2.75) is 70.5 Å². The van der Waals surface area contributed by atoms with E-state index in [1.54, 1.807) is 79.8 Å². The Bertz CT molecular complexity index is 2810. The molecule has 64 heavy (non-hydrogen) atoms. The van der Waals surface area contributed by atoms with E-state index in [4.69, 9.17) is 11.5 Å². The summed E-state index contributed by atoms with van der Waals surface area (Å²) in [7, 11) is 1.54. The van der Waals surface area contributed by atoms with Crippen LogP contribution < -0.4 is 32.7 Å². The Morgan fingerprint density at radius 1 is 0.484 bits per heavy atom. The Balaban J connectivity index is 0.000000175. The number of carbonyl (C=O) groups excluding carboxylic acids is 6. The Morgan fingerprint density at radius 2 is 0.797 bits per heavy atom. The smallest absolute Gasteiger partial charge is 0.251 e. The van der Waals surface area contributed by atoms with Crippen LogP contribution in [0, 0.1) is 13.8 Å². The molecule has 16 nitrogen and oxygen atoms in total. The van der Waals surface area contributed by atoms with E-state index < -0.39 is 0 Å². The molecule has 0 saturated heterocycles. The normalized spacial score (nSPS) is 14.1. The summed E-state index contributed by atoms with van der Waals surface area (Å²) < 4.78 is 2.95. The van der Waals surface area contributed by atoms with E-state index in [-0.39, 0.29) is 76.1 Å². The zero-order valence-electron chi connectivity index (χ0n) is 35.6. The third-order valence-corrected chi connectivity index (χ3v) is 11.3. The van der Waals surface area contributed by atoms with E-state index in [9.17, 15) is 28.8 Å². The van der Waals surface area contributed by atoms with Gasteiger partial charge in [-0.05, 0) is 112 Å². The zero-order valence-corrected chi connectivity index (χ0v) is 35.6. The minimum Gasteiger partial charge on any atom is -0.383 e. The summed E-state index contributed by atoms with van der Waals surface area (Å²) in [6.07, 6.45) is 8.90. The first-order valence-electron chi connectivity index (χ1n) is 21.1.